The normalized spacial score (nSPS) is 21.4. The minimum atomic E-state index is -3.53. The zero-order chi connectivity index (χ0) is 14.9. The first kappa shape index (κ1) is 15.4. The maximum Gasteiger partial charge on any atom is 0.243 e. The summed E-state index contributed by atoms with van der Waals surface area (Å²) >= 11 is 0. The number of hydrogen-bond donors (Lipinski definition) is 0. The summed E-state index contributed by atoms with van der Waals surface area (Å²) in [6.45, 7) is 2.60. The third-order valence-electron chi connectivity index (χ3n) is 3.86. The van der Waals surface area contributed by atoms with E-state index in [1.165, 1.54) is 22.5 Å². The van der Waals surface area contributed by atoms with Gasteiger partial charge in [0, 0.05) is 19.1 Å². The Kier molecular flexibility index (Phi) is 4.46. The zero-order valence-electron chi connectivity index (χ0n) is 12.1. The summed E-state index contributed by atoms with van der Waals surface area (Å²) in [4.78, 5) is 2.23. The lowest BCUT2D eigenvalue weighted by Gasteiger charge is -2.35. The lowest BCUT2D eigenvalue weighted by atomic mass is 10.1. The Labute approximate surface area is 120 Å². The van der Waals surface area contributed by atoms with Crippen molar-refractivity contribution in [3.63, 3.8) is 0 Å². The van der Waals surface area contributed by atoms with Gasteiger partial charge in [0.2, 0.25) is 10.0 Å². The van der Waals surface area contributed by atoms with Crippen molar-refractivity contribution in [2.75, 3.05) is 27.2 Å². The van der Waals surface area contributed by atoms with Crippen LogP contribution >= 0.6 is 0 Å². The molecule has 0 bridgehead atoms. The second-order valence-corrected chi connectivity index (χ2v) is 7.47. The van der Waals surface area contributed by atoms with Gasteiger partial charge in [-0.25, -0.2) is 12.8 Å². The van der Waals surface area contributed by atoms with Gasteiger partial charge < -0.3 is 4.90 Å². The van der Waals surface area contributed by atoms with Crippen molar-refractivity contribution in [2.24, 2.45) is 0 Å². The molecule has 0 amide bonds. The van der Waals surface area contributed by atoms with E-state index in [0.717, 1.165) is 12.8 Å². The third-order valence-corrected chi connectivity index (χ3v) is 5.72. The molecule has 0 radical (unpaired) electrons. The summed E-state index contributed by atoms with van der Waals surface area (Å²) in [6, 6.07) is 4.20. The van der Waals surface area contributed by atoms with Gasteiger partial charge in [0.15, 0.2) is 0 Å². The molecule has 2 rings (SSSR count). The smallest absolute Gasteiger partial charge is 0.243 e. The molecule has 112 valence electrons. The Morgan fingerprint density at radius 1 is 1.35 bits per heavy atom. The van der Waals surface area contributed by atoms with Crippen molar-refractivity contribution in [2.45, 2.75) is 30.7 Å². The number of halogens is 1. The van der Waals surface area contributed by atoms with E-state index in [4.69, 9.17) is 0 Å². The summed E-state index contributed by atoms with van der Waals surface area (Å²) in [5, 5.41) is 0. The van der Waals surface area contributed by atoms with Gasteiger partial charge in [-0.3, -0.25) is 0 Å². The number of hydrogen-bond acceptors (Lipinski definition) is 3. The minimum absolute atomic E-state index is 0.177. The van der Waals surface area contributed by atoms with E-state index in [1.54, 1.807) is 6.92 Å². The average molecular weight is 300 g/mol. The maximum absolute atomic E-state index is 13.3. The van der Waals surface area contributed by atoms with Gasteiger partial charge in [0.1, 0.15) is 5.82 Å². The van der Waals surface area contributed by atoms with E-state index >= 15 is 0 Å². The van der Waals surface area contributed by atoms with Crippen LogP contribution in [0.2, 0.25) is 0 Å². The van der Waals surface area contributed by atoms with E-state index in [9.17, 15) is 12.8 Å². The Morgan fingerprint density at radius 2 is 2.05 bits per heavy atom. The second kappa shape index (κ2) is 5.79. The van der Waals surface area contributed by atoms with Crippen LogP contribution in [0.5, 0.6) is 0 Å². The second-order valence-electron chi connectivity index (χ2n) is 5.53. The number of sulfonamides is 1. The fraction of sp³-hybridized carbons (Fsp3) is 0.571. The molecule has 1 heterocycles. The monoisotopic (exact) mass is 300 g/mol. The number of likely N-dealkylation sites (N-methyl/N-ethyl adjacent to an activating group) is 1. The highest BCUT2D eigenvalue weighted by atomic mass is 32.2. The van der Waals surface area contributed by atoms with E-state index in [0.29, 0.717) is 18.7 Å². The average Bonchev–Trinajstić information content (AvgIpc) is 2.42. The molecule has 0 spiro atoms. The van der Waals surface area contributed by atoms with Gasteiger partial charge >= 0.3 is 0 Å². The first-order valence-corrected chi connectivity index (χ1v) is 8.19. The van der Waals surface area contributed by atoms with E-state index < -0.39 is 10.0 Å². The van der Waals surface area contributed by atoms with Crippen LogP contribution < -0.4 is 0 Å². The van der Waals surface area contributed by atoms with Crippen molar-refractivity contribution >= 4 is 10.0 Å². The Morgan fingerprint density at radius 3 is 2.65 bits per heavy atom. The molecule has 20 heavy (non-hydrogen) atoms. The first-order valence-electron chi connectivity index (χ1n) is 6.75. The van der Waals surface area contributed by atoms with E-state index in [-0.39, 0.29) is 16.8 Å². The van der Waals surface area contributed by atoms with Crippen LogP contribution in [0.1, 0.15) is 18.4 Å². The van der Waals surface area contributed by atoms with Gasteiger partial charge in [0.05, 0.1) is 4.90 Å². The number of piperidine rings is 1. The fourth-order valence-electron chi connectivity index (χ4n) is 2.49. The molecule has 1 aliphatic heterocycles. The predicted molar refractivity (Wildman–Crippen MR) is 76.6 cm³/mol. The highest BCUT2D eigenvalue weighted by molar-refractivity contribution is 7.89. The van der Waals surface area contributed by atoms with Crippen molar-refractivity contribution in [3.05, 3.63) is 29.6 Å². The lowest BCUT2D eigenvalue weighted by Crippen LogP contribution is -2.47. The van der Waals surface area contributed by atoms with Crippen molar-refractivity contribution in [3.8, 4) is 0 Å². The largest absolute Gasteiger partial charge is 0.305 e. The van der Waals surface area contributed by atoms with Gasteiger partial charge in [-0.05, 0) is 57.6 Å². The Hall–Kier alpha value is -0.980. The molecular weight excluding hydrogens is 279 g/mol. The molecule has 0 N–H and O–H groups in total. The minimum Gasteiger partial charge on any atom is -0.305 e. The molecule has 1 fully saturated rings. The van der Waals surface area contributed by atoms with Crippen LogP contribution in [0.3, 0.4) is 0 Å². The summed E-state index contributed by atoms with van der Waals surface area (Å²) in [6.07, 6.45) is 1.85. The standard InChI is InChI=1S/C14H21FN2O2S/c1-11-9-13(6-7-14(11)15)20(18,19)17-8-4-5-12(10-17)16(2)3/h6-7,9,12H,4-5,8,10H2,1-3H3. The molecule has 1 aliphatic rings. The number of benzene rings is 1. The SMILES string of the molecule is Cc1cc(S(=O)(=O)N2CCCC(N(C)C)C2)ccc1F. The molecule has 1 unspecified atom stereocenters. The summed E-state index contributed by atoms with van der Waals surface area (Å²) < 4.78 is 40.0. The molecule has 4 nitrogen and oxygen atoms in total. The van der Waals surface area contributed by atoms with Crippen LogP contribution in [-0.2, 0) is 10.0 Å². The predicted octanol–water partition coefficient (Wildman–Crippen LogP) is 1.85. The topological polar surface area (TPSA) is 40.6 Å². The molecule has 6 heteroatoms. The van der Waals surface area contributed by atoms with Gasteiger partial charge in [-0.1, -0.05) is 0 Å². The molecule has 0 saturated carbocycles. The van der Waals surface area contributed by atoms with Crippen molar-refractivity contribution < 1.29 is 12.8 Å². The number of rotatable bonds is 3. The molecule has 1 saturated heterocycles. The molecule has 1 atom stereocenters. The van der Waals surface area contributed by atoms with Crippen LogP contribution in [0.4, 0.5) is 4.39 Å². The molecule has 0 aliphatic carbocycles. The summed E-state index contributed by atoms with van der Waals surface area (Å²) in [5.41, 5.74) is 0.354. The Balaban J connectivity index is 2.27. The summed E-state index contributed by atoms with van der Waals surface area (Å²) in [7, 11) is 0.395. The molecule has 1 aromatic rings. The zero-order valence-corrected chi connectivity index (χ0v) is 13.0. The van der Waals surface area contributed by atoms with Crippen LogP contribution in [0.15, 0.2) is 23.1 Å². The maximum atomic E-state index is 13.3. The molecule has 1 aromatic carbocycles. The van der Waals surface area contributed by atoms with Crippen LogP contribution in [0, 0.1) is 12.7 Å². The van der Waals surface area contributed by atoms with Gasteiger partial charge in [-0.15, -0.1) is 0 Å². The van der Waals surface area contributed by atoms with Crippen LogP contribution in [0.25, 0.3) is 0 Å². The van der Waals surface area contributed by atoms with Gasteiger partial charge in [0.25, 0.3) is 0 Å². The molecular formula is C14H21FN2O2S. The number of nitrogens with zero attached hydrogens (tertiary/aromatic N) is 2. The van der Waals surface area contributed by atoms with Crippen molar-refractivity contribution in [1.29, 1.82) is 0 Å². The molecule has 0 aromatic heterocycles. The van der Waals surface area contributed by atoms with E-state index in [2.05, 4.69) is 4.90 Å². The fourth-order valence-corrected chi connectivity index (χ4v) is 4.09. The Bertz CT molecular complexity index is 587. The highest BCUT2D eigenvalue weighted by Gasteiger charge is 2.31. The van der Waals surface area contributed by atoms with Gasteiger partial charge in [-0.2, -0.15) is 4.31 Å². The lowest BCUT2D eigenvalue weighted by molar-refractivity contribution is 0.190. The third kappa shape index (κ3) is 3.02. The summed E-state index contributed by atoms with van der Waals surface area (Å²) in [5.74, 6) is -0.381. The number of aryl methyl sites for hydroxylation is 1. The highest BCUT2D eigenvalue weighted by Crippen LogP contribution is 2.23. The van der Waals surface area contributed by atoms with E-state index in [1.807, 2.05) is 14.1 Å². The quantitative estimate of drug-likeness (QED) is 0.855. The van der Waals surface area contributed by atoms with Crippen molar-refractivity contribution in [1.82, 2.24) is 9.21 Å². The van der Waals surface area contributed by atoms with Crippen LogP contribution in [-0.4, -0.2) is 50.8 Å². The first-order chi connectivity index (χ1) is 9.32.